The van der Waals surface area contributed by atoms with Crippen molar-refractivity contribution in [2.75, 3.05) is 5.32 Å². The van der Waals surface area contributed by atoms with Crippen molar-refractivity contribution in [3.05, 3.63) is 54.9 Å². The number of allylic oxidation sites excluding steroid dienone is 2. The van der Waals surface area contributed by atoms with Gasteiger partial charge in [0.05, 0.1) is 0 Å². The van der Waals surface area contributed by atoms with E-state index in [1.54, 1.807) is 12.2 Å². The predicted molar refractivity (Wildman–Crippen MR) is 52.5 cm³/mol. The van der Waals surface area contributed by atoms with Crippen LogP contribution in [0, 0.1) is 0 Å². The molecule has 0 saturated heterocycles. The van der Waals surface area contributed by atoms with Gasteiger partial charge in [-0.1, -0.05) is 30.9 Å². The quantitative estimate of drug-likeness (QED) is 0.664. The zero-order valence-electron chi connectivity index (χ0n) is 6.83. The Bertz CT molecular complexity index is 275. The Morgan fingerprint density at radius 2 is 2.00 bits per heavy atom. The minimum Gasteiger partial charge on any atom is -0.385 e. The van der Waals surface area contributed by atoms with Crippen LogP contribution < -0.4 is 11.1 Å². The molecular formula is C10H12N2. The third-order valence-electron chi connectivity index (χ3n) is 1.36. The largest absolute Gasteiger partial charge is 0.385 e. The summed E-state index contributed by atoms with van der Waals surface area (Å²) in [4.78, 5) is 0. The fourth-order valence-corrected chi connectivity index (χ4v) is 0.857. The van der Waals surface area contributed by atoms with Crippen molar-refractivity contribution in [3.8, 4) is 0 Å². The smallest absolute Gasteiger partial charge is 0.100 e. The standard InChI is InChI=1S/C10H12N2/c1-2-6-10(11)12-9-7-4-3-5-8-9/h2-8,12H,1,11H2/b10-6-. The van der Waals surface area contributed by atoms with Crippen molar-refractivity contribution in [3.63, 3.8) is 0 Å². The molecule has 2 nitrogen and oxygen atoms in total. The zero-order valence-corrected chi connectivity index (χ0v) is 6.83. The molecule has 1 aromatic carbocycles. The highest BCUT2D eigenvalue weighted by Crippen LogP contribution is 2.05. The molecule has 0 aliphatic heterocycles. The Labute approximate surface area is 72.4 Å². The van der Waals surface area contributed by atoms with Gasteiger partial charge in [-0.15, -0.1) is 0 Å². The number of benzene rings is 1. The van der Waals surface area contributed by atoms with Crippen molar-refractivity contribution in [1.82, 2.24) is 0 Å². The highest BCUT2D eigenvalue weighted by molar-refractivity contribution is 5.47. The van der Waals surface area contributed by atoms with Gasteiger partial charge in [0.1, 0.15) is 5.82 Å². The molecule has 0 radical (unpaired) electrons. The van der Waals surface area contributed by atoms with E-state index in [2.05, 4.69) is 11.9 Å². The van der Waals surface area contributed by atoms with E-state index < -0.39 is 0 Å². The van der Waals surface area contributed by atoms with E-state index in [0.717, 1.165) is 5.69 Å². The number of hydrogen-bond acceptors (Lipinski definition) is 2. The van der Waals surface area contributed by atoms with Crippen molar-refractivity contribution >= 4 is 5.69 Å². The first-order valence-electron chi connectivity index (χ1n) is 3.73. The van der Waals surface area contributed by atoms with Crippen LogP contribution in [0.2, 0.25) is 0 Å². The Morgan fingerprint density at radius 3 is 2.58 bits per heavy atom. The monoisotopic (exact) mass is 160 g/mol. The Hall–Kier alpha value is -1.70. The van der Waals surface area contributed by atoms with Crippen LogP contribution >= 0.6 is 0 Å². The van der Waals surface area contributed by atoms with E-state index >= 15 is 0 Å². The summed E-state index contributed by atoms with van der Waals surface area (Å²) in [5.41, 5.74) is 6.57. The van der Waals surface area contributed by atoms with E-state index in [1.807, 2.05) is 30.3 Å². The van der Waals surface area contributed by atoms with Crippen LogP contribution in [0.3, 0.4) is 0 Å². The normalized spacial score (nSPS) is 10.8. The average Bonchev–Trinajstić information content (AvgIpc) is 2.06. The van der Waals surface area contributed by atoms with Crippen molar-refractivity contribution < 1.29 is 0 Å². The summed E-state index contributed by atoms with van der Waals surface area (Å²) in [6.07, 6.45) is 3.36. The van der Waals surface area contributed by atoms with Crippen molar-refractivity contribution in [2.45, 2.75) is 0 Å². The maximum Gasteiger partial charge on any atom is 0.100 e. The van der Waals surface area contributed by atoms with Crippen LogP contribution in [0.4, 0.5) is 5.69 Å². The molecular weight excluding hydrogens is 148 g/mol. The molecule has 1 aromatic rings. The second kappa shape index (κ2) is 4.23. The summed E-state index contributed by atoms with van der Waals surface area (Å²) < 4.78 is 0. The van der Waals surface area contributed by atoms with Crippen LogP contribution in [0.25, 0.3) is 0 Å². The molecule has 0 heterocycles. The van der Waals surface area contributed by atoms with Gasteiger partial charge in [0.25, 0.3) is 0 Å². The van der Waals surface area contributed by atoms with E-state index in [1.165, 1.54) is 0 Å². The summed E-state index contributed by atoms with van der Waals surface area (Å²) in [5.74, 6) is 0.594. The van der Waals surface area contributed by atoms with Gasteiger partial charge < -0.3 is 11.1 Å². The van der Waals surface area contributed by atoms with E-state index in [0.29, 0.717) is 5.82 Å². The van der Waals surface area contributed by atoms with Crippen LogP contribution in [-0.4, -0.2) is 0 Å². The summed E-state index contributed by atoms with van der Waals surface area (Å²) in [6, 6.07) is 9.75. The molecule has 0 atom stereocenters. The van der Waals surface area contributed by atoms with Gasteiger partial charge in [0.2, 0.25) is 0 Å². The third-order valence-corrected chi connectivity index (χ3v) is 1.36. The van der Waals surface area contributed by atoms with Gasteiger partial charge in [0, 0.05) is 5.69 Å². The predicted octanol–water partition coefficient (Wildman–Crippen LogP) is 2.08. The molecule has 0 aliphatic carbocycles. The zero-order chi connectivity index (χ0) is 8.81. The maximum atomic E-state index is 5.59. The fourth-order valence-electron chi connectivity index (χ4n) is 0.857. The molecule has 0 bridgehead atoms. The average molecular weight is 160 g/mol. The minimum absolute atomic E-state index is 0.594. The van der Waals surface area contributed by atoms with E-state index in [9.17, 15) is 0 Å². The molecule has 0 fully saturated rings. The summed E-state index contributed by atoms with van der Waals surface area (Å²) in [5, 5.41) is 3.01. The lowest BCUT2D eigenvalue weighted by Gasteiger charge is -2.04. The lowest BCUT2D eigenvalue weighted by atomic mass is 10.3. The first kappa shape index (κ1) is 8.40. The Balaban J connectivity index is 2.64. The molecule has 0 aromatic heterocycles. The van der Waals surface area contributed by atoms with Crippen LogP contribution in [0.15, 0.2) is 54.9 Å². The van der Waals surface area contributed by atoms with Crippen LogP contribution in [0.5, 0.6) is 0 Å². The summed E-state index contributed by atoms with van der Waals surface area (Å²) in [6.45, 7) is 3.55. The second-order valence-electron chi connectivity index (χ2n) is 2.35. The molecule has 0 amide bonds. The number of rotatable bonds is 3. The Morgan fingerprint density at radius 1 is 1.33 bits per heavy atom. The molecule has 3 N–H and O–H groups in total. The fraction of sp³-hybridized carbons (Fsp3) is 0. The molecule has 0 spiro atoms. The third kappa shape index (κ3) is 2.50. The van der Waals surface area contributed by atoms with Crippen LogP contribution in [0.1, 0.15) is 0 Å². The first-order chi connectivity index (χ1) is 5.83. The number of nitrogens with two attached hydrogens (primary N) is 1. The van der Waals surface area contributed by atoms with Gasteiger partial charge >= 0.3 is 0 Å². The maximum absolute atomic E-state index is 5.59. The van der Waals surface area contributed by atoms with Gasteiger partial charge in [-0.2, -0.15) is 0 Å². The minimum atomic E-state index is 0.594. The molecule has 1 rings (SSSR count). The first-order valence-corrected chi connectivity index (χ1v) is 3.73. The number of para-hydroxylation sites is 1. The molecule has 2 heteroatoms. The van der Waals surface area contributed by atoms with Gasteiger partial charge in [-0.25, -0.2) is 0 Å². The number of hydrogen-bond donors (Lipinski definition) is 2. The van der Waals surface area contributed by atoms with E-state index in [4.69, 9.17) is 5.73 Å². The summed E-state index contributed by atoms with van der Waals surface area (Å²) >= 11 is 0. The van der Waals surface area contributed by atoms with Crippen LogP contribution in [-0.2, 0) is 0 Å². The molecule has 12 heavy (non-hydrogen) atoms. The van der Waals surface area contributed by atoms with Gasteiger partial charge in [0.15, 0.2) is 0 Å². The molecule has 62 valence electrons. The Kier molecular flexibility index (Phi) is 2.96. The highest BCUT2D eigenvalue weighted by Gasteiger charge is 1.88. The highest BCUT2D eigenvalue weighted by atomic mass is 15.0. The van der Waals surface area contributed by atoms with E-state index in [-0.39, 0.29) is 0 Å². The van der Waals surface area contributed by atoms with Crippen molar-refractivity contribution in [1.29, 1.82) is 0 Å². The SMILES string of the molecule is C=C/C=C(/N)Nc1ccccc1. The lowest BCUT2D eigenvalue weighted by molar-refractivity contribution is 1.31. The molecule has 0 aliphatic rings. The molecule has 0 unspecified atom stereocenters. The van der Waals surface area contributed by atoms with Gasteiger partial charge in [-0.3, -0.25) is 0 Å². The number of anilines is 1. The number of nitrogens with one attached hydrogen (secondary N) is 1. The van der Waals surface area contributed by atoms with Gasteiger partial charge in [-0.05, 0) is 18.2 Å². The lowest BCUT2D eigenvalue weighted by Crippen LogP contribution is -2.07. The van der Waals surface area contributed by atoms with Crippen molar-refractivity contribution in [2.24, 2.45) is 5.73 Å². The molecule has 0 saturated carbocycles. The second-order valence-corrected chi connectivity index (χ2v) is 2.35. The summed E-state index contributed by atoms with van der Waals surface area (Å²) in [7, 11) is 0. The topological polar surface area (TPSA) is 38.0 Å².